The summed E-state index contributed by atoms with van der Waals surface area (Å²) in [5, 5.41) is 4.37. The minimum Gasteiger partial charge on any atom is -0.497 e. The molecule has 2 aliphatic carbocycles. The number of ether oxygens (including phenoxy) is 1. The van der Waals surface area contributed by atoms with Crippen molar-refractivity contribution in [3.05, 3.63) is 30.0 Å². The lowest BCUT2D eigenvalue weighted by atomic mass is 9.91. The number of carbonyl (C=O) groups excluding carboxylic acids is 2. The van der Waals surface area contributed by atoms with Crippen molar-refractivity contribution in [2.45, 2.75) is 95.3 Å². The summed E-state index contributed by atoms with van der Waals surface area (Å²) in [6, 6.07) is 8.21. The largest absolute Gasteiger partial charge is 0.497 e. The number of methoxy groups -OCH3 is 1. The van der Waals surface area contributed by atoms with Crippen LogP contribution < -0.4 is 10.1 Å². The number of hydrogen-bond donors (Lipinski definition) is 1. The zero-order valence-corrected chi connectivity index (χ0v) is 19.4. The SMILES string of the molecule is COc1ccc2cc3n(c2c1)C[C@](C)(C(=O)NC1CCCCCC1)N(C1CCCC1)C3=O. The van der Waals surface area contributed by atoms with Gasteiger partial charge in [0.25, 0.3) is 5.91 Å². The summed E-state index contributed by atoms with van der Waals surface area (Å²) in [5.74, 6) is 0.741. The van der Waals surface area contributed by atoms with Gasteiger partial charge in [-0.05, 0) is 50.8 Å². The van der Waals surface area contributed by atoms with E-state index in [9.17, 15) is 9.59 Å². The lowest BCUT2D eigenvalue weighted by Gasteiger charge is -2.47. The number of aromatic nitrogens is 1. The van der Waals surface area contributed by atoms with E-state index in [1.165, 1.54) is 25.7 Å². The van der Waals surface area contributed by atoms with E-state index >= 15 is 0 Å². The Morgan fingerprint density at radius 3 is 2.41 bits per heavy atom. The van der Waals surface area contributed by atoms with Crippen molar-refractivity contribution in [1.82, 2.24) is 14.8 Å². The summed E-state index contributed by atoms with van der Waals surface area (Å²) in [6.45, 7) is 2.45. The Kier molecular flexibility index (Phi) is 5.64. The molecule has 172 valence electrons. The number of amides is 2. The molecule has 6 nitrogen and oxygen atoms in total. The number of nitrogens with one attached hydrogen (secondary N) is 1. The van der Waals surface area contributed by atoms with Crippen LogP contribution in [0.5, 0.6) is 5.75 Å². The molecule has 1 N–H and O–H groups in total. The number of nitrogens with zero attached hydrogens (tertiary/aromatic N) is 2. The summed E-state index contributed by atoms with van der Waals surface area (Å²) in [4.78, 5) is 29.7. The van der Waals surface area contributed by atoms with Gasteiger partial charge in [0.15, 0.2) is 0 Å². The van der Waals surface area contributed by atoms with Gasteiger partial charge in [0, 0.05) is 23.5 Å². The highest BCUT2D eigenvalue weighted by atomic mass is 16.5. The normalized spacial score (nSPS) is 25.1. The molecular weight excluding hydrogens is 402 g/mol. The molecule has 0 radical (unpaired) electrons. The van der Waals surface area contributed by atoms with E-state index in [0.717, 1.165) is 55.2 Å². The van der Waals surface area contributed by atoms with Crippen molar-refractivity contribution in [1.29, 1.82) is 0 Å². The first kappa shape index (κ1) is 21.4. The van der Waals surface area contributed by atoms with Gasteiger partial charge in [-0.25, -0.2) is 0 Å². The third-order valence-corrected chi connectivity index (χ3v) is 7.92. The maximum atomic E-state index is 13.9. The Morgan fingerprint density at radius 2 is 1.72 bits per heavy atom. The molecular formula is C26H35N3O3. The number of benzene rings is 1. The smallest absolute Gasteiger partial charge is 0.271 e. The van der Waals surface area contributed by atoms with Gasteiger partial charge in [-0.2, -0.15) is 0 Å². The van der Waals surface area contributed by atoms with Gasteiger partial charge in [-0.3, -0.25) is 9.59 Å². The fourth-order valence-electron chi connectivity index (χ4n) is 6.12. The van der Waals surface area contributed by atoms with Crippen molar-refractivity contribution in [2.75, 3.05) is 7.11 Å². The van der Waals surface area contributed by atoms with Gasteiger partial charge in [0.1, 0.15) is 17.0 Å². The minimum atomic E-state index is -0.902. The van der Waals surface area contributed by atoms with Gasteiger partial charge < -0.3 is 19.5 Å². The number of carbonyl (C=O) groups is 2. The molecule has 0 unspecified atom stereocenters. The van der Waals surface area contributed by atoms with Crippen molar-refractivity contribution in [3.63, 3.8) is 0 Å². The zero-order chi connectivity index (χ0) is 22.3. The minimum absolute atomic E-state index is 0.0000427. The monoisotopic (exact) mass is 437 g/mol. The third kappa shape index (κ3) is 3.57. The Bertz CT molecular complexity index is 1010. The second kappa shape index (κ2) is 8.45. The average Bonchev–Trinajstić information content (AvgIpc) is 3.36. The predicted octanol–water partition coefficient (Wildman–Crippen LogP) is 4.65. The summed E-state index contributed by atoms with van der Waals surface area (Å²) in [5.41, 5.74) is 0.729. The molecule has 0 spiro atoms. The highest BCUT2D eigenvalue weighted by Crippen LogP contribution is 2.38. The first-order chi connectivity index (χ1) is 15.5. The van der Waals surface area contributed by atoms with Crippen LogP contribution in [-0.4, -0.2) is 46.0 Å². The second-order valence-electron chi connectivity index (χ2n) is 10.1. The van der Waals surface area contributed by atoms with Crippen LogP contribution in [0.4, 0.5) is 0 Å². The highest BCUT2D eigenvalue weighted by Gasteiger charge is 2.51. The molecule has 32 heavy (non-hydrogen) atoms. The number of hydrogen-bond acceptors (Lipinski definition) is 3. The van der Waals surface area contributed by atoms with Crippen LogP contribution in [0.1, 0.15) is 81.6 Å². The van der Waals surface area contributed by atoms with E-state index < -0.39 is 5.54 Å². The van der Waals surface area contributed by atoms with Gasteiger partial charge in [-0.1, -0.05) is 38.5 Å². The first-order valence-electron chi connectivity index (χ1n) is 12.3. The first-order valence-corrected chi connectivity index (χ1v) is 12.3. The third-order valence-electron chi connectivity index (χ3n) is 7.92. The molecule has 1 aromatic carbocycles. The van der Waals surface area contributed by atoms with Crippen LogP contribution >= 0.6 is 0 Å². The van der Waals surface area contributed by atoms with Crippen molar-refractivity contribution in [2.24, 2.45) is 0 Å². The van der Waals surface area contributed by atoms with E-state index in [1.807, 2.05) is 40.7 Å². The van der Waals surface area contributed by atoms with Gasteiger partial charge in [-0.15, -0.1) is 0 Å². The van der Waals surface area contributed by atoms with E-state index in [4.69, 9.17) is 4.74 Å². The Balaban J connectivity index is 1.55. The van der Waals surface area contributed by atoms with Crippen LogP contribution in [0.15, 0.2) is 24.3 Å². The average molecular weight is 438 g/mol. The maximum absolute atomic E-state index is 13.9. The van der Waals surface area contributed by atoms with Gasteiger partial charge in [0.2, 0.25) is 5.91 Å². The number of fused-ring (bicyclic) bond motifs is 3. The molecule has 2 amide bonds. The van der Waals surface area contributed by atoms with E-state index in [2.05, 4.69) is 5.32 Å². The quantitative estimate of drug-likeness (QED) is 0.709. The fourth-order valence-corrected chi connectivity index (χ4v) is 6.12. The molecule has 2 heterocycles. The second-order valence-corrected chi connectivity index (χ2v) is 10.1. The molecule has 2 aromatic rings. The fraction of sp³-hybridized carbons (Fsp3) is 0.615. The molecule has 3 aliphatic rings. The summed E-state index contributed by atoms with van der Waals surface area (Å²) in [7, 11) is 1.65. The van der Waals surface area contributed by atoms with E-state index in [-0.39, 0.29) is 23.9 Å². The van der Waals surface area contributed by atoms with Gasteiger partial charge >= 0.3 is 0 Å². The molecule has 2 saturated carbocycles. The summed E-state index contributed by atoms with van der Waals surface area (Å²) in [6.07, 6.45) is 11.1. The summed E-state index contributed by atoms with van der Waals surface area (Å²) < 4.78 is 7.48. The molecule has 1 aromatic heterocycles. The summed E-state index contributed by atoms with van der Waals surface area (Å²) >= 11 is 0. The van der Waals surface area contributed by atoms with Crippen LogP contribution in [0.25, 0.3) is 10.9 Å². The molecule has 1 atom stereocenters. The predicted molar refractivity (Wildman–Crippen MR) is 125 cm³/mol. The molecule has 2 fully saturated rings. The van der Waals surface area contributed by atoms with Crippen LogP contribution in [0.2, 0.25) is 0 Å². The number of rotatable bonds is 4. The lowest BCUT2D eigenvalue weighted by molar-refractivity contribution is -0.135. The van der Waals surface area contributed by atoms with Crippen LogP contribution in [0, 0.1) is 0 Å². The Morgan fingerprint density at radius 1 is 1.03 bits per heavy atom. The van der Waals surface area contributed by atoms with Crippen LogP contribution in [-0.2, 0) is 11.3 Å². The molecule has 1 aliphatic heterocycles. The van der Waals surface area contributed by atoms with Crippen molar-refractivity contribution in [3.8, 4) is 5.75 Å². The standard InChI is InChI=1S/C26H35N3O3/c1-26(25(31)27-19-9-5-3-4-6-10-19)17-28-22-16-21(32-2)14-13-18(22)15-23(28)24(30)29(26)20-11-7-8-12-20/h13-16,19-20H,3-12,17H2,1-2H3,(H,27,31)/t26-/m1/s1. The maximum Gasteiger partial charge on any atom is 0.271 e. The van der Waals surface area contributed by atoms with Crippen molar-refractivity contribution < 1.29 is 14.3 Å². The van der Waals surface area contributed by atoms with Crippen molar-refractivity contribution >= 4 is 22.7 Å². The van der Waals surface area contributed by atoms with Gasteiger partial charge in [0.05, 0.1) is 19.2 Å². The molecule has 6 heteroatoms. The van der Waals surface area contributed by atoms with E-state index in [0.29, 0.717) is 12.2 Å². The van der Waals surface area contributed by atoms with E-state index in [1.54, 1.807) is 7.11 Å². The molecule has 0 bridgehead atoms. The molecule has 0 saturated heterocycles. The lowest BCUT2D eigenvalue weighted by Crippen LogP contribution is -2.67. The topological polar surface area (TPSA) is 63.6 Å². The molecule has 5 rings (SSSR count). The highest BCUT2D eigenvalue weighted by molar-refractivity contribution is 6.04. The Labute approximate surface area is 190 Å². The zero-order valence-electron chi connectivity index (χ0n) is 19.4. The Hall–Kier alpha value is -2.50. The van der Waals surface area contributed by atoms with Crippen LogP contribution in [0.3, 0.4) is 0 Å².